The highest BCUT2D eigenvalue weighted by Crippen LogP contribution is 2.04. The molecular weight excluding hydrogens is 96.1 g/mol. The van der Waals surface area contributed by atoms with Gasteiger partial charge >= 0.3 is 0 Å². The second-order valence-corrected chi connectivity index (χ2v) is 2.06. The zero-order chi connectivity index (χ0) is 6.41. The van der Waals surface area contributed by atoms with Gasteiger partial charge in [0, 0.05) is 5.92 Å². The van der Waals surface area contributed by atoms with E-state index in [1.807, 2.05) is 0 Å². The molecule has 0 aliphatic carbocycles. The lowest BCUT2D eigenvalue weighted by molar-refractivity contribution is 0.628. The van der Waals surface area contributed by atoms with Gasteiger partial charge in [0.25, 0.3) is 0 Å². The SMILES string of the molecule is C#CC(C)CCC[CH2]. The molecule has 0 saturated carbocycles. The first-order valence-electron chi connectivity index (χ1n) is 3.06. The van der Waals surface area contributed by atoms with Gasteiger partial charge in [-0.3, -0.25) is 0 Å². The molecule has 0 rings (SSSR count). The molecule has 0 fully saturated rings. The van der Waals surface area contributed by atoms with E-state index in [0.717, 1.165) is 19.3 Å². The Bertz CT molecular complexity index is 76.5. The van der Waals surface area contributed by atoms with Crippen molar-refractivity contribution in [2.75, 3.05) is 0 Å². The third-order valence-corrected chi connectivity index (χ3v) is 1.17. The lowest BCUT2D eigenvalue weighted by atomic mass is 10.1. The Balaban J connectivity index is 3.02. The minimum atomic E-state index is 0.441. The van der Waals surface area contributed by atoms with Gasteiger partial charge in [0.05, 0.1) is 0 Å². The standard InChI is InChI=1S/C8H13/c1-4-6-7-8(3)5-2/h2,8H,1,4,6-7H2,3H3. The summed E-state index contributed by atoms with van der Waals surface area (Å²) in [5.41, 5.74) is 0. The van der Waals surface area contributed by atoms with Gasteiger partial charge in [-0.1, -0.05) is 26.7 Å². The van der Waals surface area contributed by atoms with Crippen LogP contribution in [0.3, 0.4) is 0 Å². The van der Waals surface area contributed by atoms with Gasteiger partial charge in [-0.15, -0.1) is 12.3 Å². The van der Waals surface area contributed by atoms with E-state index in [-0.39, 0.29) is 0 Å². The van der Waals surface area contributed by atoms with Crippen LogP contribution in [0.2, 0.25) is 0 Å². The Hall–Kier alpha value is -0.440. The average molecular weight is 109 g/mol. The lowest BCUT2D eigenvalue weighted by Gasteiger charge is -1.98. The van der Waals surface area contributed by atoms with E-state index in [4.69, 9.17) is 6.42 Å². The van der Waals surface area contributed by atoms with E-state index in [2.05, 4.69) is 19.8 Å². The van der Waals surface area contributed by atoms with Crippen LogP contribution in [-0.2, 0) is 0 Å². The Morgan fingerprint density at radius 3 is 2.75 bits per heavy atom. The van der Waals surface area contributed by atoms with Crippen LogP contribution in [0.5, 0.6) is 0 Å². The quantitative estimate of drug-likeness (QED) is 0.488. The molecule has 0 aliphatic heterocycles. The zero-order valence-electron chi connectivity index (χ0n) is 5.48. The van der Waals surface area contributed by atoms with Gasteiger partial charge in [0.1, 0.15) is 0 Å². The first kappa shape index (κ1) is 7.56. The molecule has 0 N–H and O–H groups in total. The molecule has 0 heteroatoms. The van der Waals surface area contributed by atoms with Gasteiger partial charge < -0.3 is 0 Å². The summed E-state index contributed by atoms with van der Waals surface area (Å²) >= 11 is 0. The third kappa shape index (κ3) is 3.74. The lowest BCUT2D eigenvalue weighted by Crippen LogP contribution is -1.87. The topological polar surface area (TPSA) is 0 Å². The fraction of sp³-hybridized carbons (Fsp3) is 0.625. The van der Waals surface area contributed by atoms with E-state index < -0.39 is 0 Å². The molecule has 45 valence electrons. The molecular formula is C8H13. The highest BCUT2D eigenvalue weighted by atomic mass is 14.0. The molecule has 0 aromatic heterocycles. The van der Waals surface area contributed by atoms with E-state index in [0.29, 0.717) is 5.92 Å². The van der Waals surface area contributed by atoms with Crippen molar-refractivity contribution in [3.63, 3.8) is 0 Å². The fourth-order valence-corrected chi connectivity index (χ4v) is 0.534. The molecule has 1 atom stereocenters. The molecule has 0 aromatic carbocycles. The summed E-state index contributed by atoms with van der Waals surface area (Å²) in [5, 5.41) is 0. The summed E-state index contributed by atoms with van der Waals surface area (Å²) in [5.74, 6) is 3.11. The Morgan fingerprint density at radius 2 is 2.38 bits per heavy atom. The van der Waals surface area contributed by atoms with Crippen LogP contribution in [0.4, 0.5) is 0 Å². The van der Waals surface area contributed by atoms with Crippen molar-refractivity contribution in [2.24, 2.45) is 5.92 Å². The molecule has 0 bridgehead atoms. The number of hydrogen-bond acceptors (Lipinski definition) is 0. The maximum Gasteiger partial charge on any atom is 0.0171 e. The first-order chi connectivity index (χ1) is 3.81. The molecule has 0 nitrogen and oxygen atoms in total. The van der Waals surface area contributed by atoms with Gasteiger partial charge in [-0.05, 0) is 6.42 Å². The summed E-state index contributed by atoms with van der Waals surface area (Å²) in [6, 6.07) is 0. The largest absolute Gasteiger partial charge is 0.120 e. The second-order valence-electron chi connectivity index (χ2n) is 2.06. The molecule has 8 heavy (non-hydrogen) atoms. The van der Waals surface area contributed by atoms with Gasteiger partial charge in [0.15, 0.2) is 0 Å². The number of terminal acetylenes is 1. The van der Waals surface area contributed by atoms with Crippen LogP contribution < -0.4 is 0 Å². The fourth-order valence-electron chi connectivity index (χ4n) is 0.534. The number of rotatable bonds is 3. The predicted octanol–water partition coefficient (Wildman–Crippen LogP) is 2.26. The average Bonchev–Trinajstić information content (AvgIpc) is 1.83. The van der Waals surface area contributed by atoms with Crippen LogP contribution in [0, 0.1) is 25.2 Å². The van der Waals surface area contributed by atoms with Gasteiger partial charge in [-0.2, -0.15) is 0 Å². The van der Waals surface area contributed by atoms with Crippen molar-refractivity contribution in [2.45, 2.75) is 26.2 Å². The van der Waals surface area contributed by atoms with Crippen LogP contribution >= 0.6 is 0 Å². The smallest absolute Gasteiger partial charge is 0.0171 e. The highest BCUT2D eigenvalue weighted by molar-refractivity contribution is 4.89. The summed E-state index contributed by atoms with van der Waals surface area (Å²) in [4.78, 5) is 0. The maximum atomic E-state index is 5.14. The van der Waals surface area contributed by atoms with Crippen LogP contribution in [0.1, 0.15) is 26.2 Å². The molecule has 0 saturated heterocycles. The number of hydrogen-bond donors (Lipinski definition) is 0. The van der Waals surface area contributed by atoms with E-state index in [9.17, 15) is 0 Å². The maximum absolute atomic E-state index is 5.14. The van der Waals surface area contributed by atoms with Crippen LogP contribution in [0.15, 0.2) is 0 Å². The molecule has 0 aromatic rings. The normalized spacial score (nSPS) is 12.6. The predicted molar refractivity (Wildman–Crippen MR) is 37.2 cm³/mol. The molecule has 0 spiro atoms. The van der Waals surface area contributed by atoms with Crippen molar-refractivity contribution in [1.29, 1.82) is 0 Å². The third-order valence-electron chi connectivity index (χ3n) is 1.17. The zero-order valence-corrected chi connectivity index (χ0v) is 5.48. The van der Waals surface area contributed by atoms with E-state index >= 15 is 0 Å². The van der Waals surface area contributed by atoms with Gasteiger partial charge in [-0.25, -0.2) is 0 Å². The second kappa shape index (κ2) is 4.71. The molecule has 0 heterocycles. The van der Waals surface area contributed by atoms with Gasteiger partial charge in [0.2, 0.25) is 0 Å². The van der Waals surface area contributed by atoms with E-state index in [1.54, 1.807) is 0 Å². The highest BCUT2D eigenvalue weighted by Gasteiger charge is 1.92. The summed E-state index contributed by atoms with van der Waals surface area (Å²) in [7, 11) is 0. The van der Waals surface area contributed by atoms with Crippen molar-refractivity contribution in [1.82, 2.24) is 0 Å². The molecule has 1 radical (unpaired) electrons. The monoisotopic (exact) mass is 109 g/mol. The minimum absolute atomic E-state index is 0.441. The Labute approximate surface area is 52.3 Å². The molecule has 1 unspecified atom stereocenters. The minimum Gasteiger partial charge on any atom is -0.120 e. The summed E-state index contributed by atoms with van der Waals surface area (Å²) in [6.07, 6.45) is 8.43. The first-order valence-corrected chi connectivity index (χ1v) is 3.06. The molecule has 0 amide bonds. The van der Waals surface area contributed by atoms with Crippen molar-refractivity contribution in [3.8, 4) is 12.3 Å². The Morgan fingerprint density at radius 1 is 1.75 bits per heavy atom. The number of unbranched alkanes of at least 4 members (excludes halogenated alkanes) is 1. The van der Waals surface area contributed by atoms with Crippen molar-refractivity contribution >= 4 is 0 Å². The van der Waals surface area contributed by atoms with E-state index in [1.165, 1.54) is 0 Å². The molecule has 0 aliphatic rings. The summed E-state index contributed by atoms with van der Waals surface area (Å²) in [6.45, 7) is 5.79. The van der Waals surface area contributed by atoms with Crippen LogP contribution in [-0.4, -0.2) is 0 Å². The summed E-state index contributed by atoms with van der Waals surface area (Å²) < 4.78 is 0. The van der Waals surface area contributed by atoms with Crippen molar-refractivity contribution < 1.29 is 0 Å². The van der Waals surface area contributed by atoms with Crippen LogP contribution in [0.25, 0.3) is 0 Å². The van der Waals surface area contributed by atoms with Crippen molar-refractivity contribution in [3.05, 3.63) is 6.92 Å². The Kier molecular flexibility index (Phi) is 4.45.